The molecule has 31 heavy (non-hydrogen) atoms. The molecule has 0 radical (unpaired) electrons. The van der Waals surface area contributed by atoms with E-state index in [0.717, 1.165) is 17.0 Å². The van der Waals surface area contributed by atoms with E-state index in [-0.39, 0.29) is 11.5 Å². The van der Waals surface area contributed by atoms with Crippen LogP contribution >= 0.6 is 35.0 Å². The highest BCUT2D eigenvalue weighted by Crippen LogP contribution is 2.29. The number of methoxy groups -OCH3 is 1. The Bertz CT molecular complexity index is 1210. The SMILES string of the molecule is COc1ccc(-n2c(SCC(=O)c3ccc(Cl)c(Cl)c3)nnc2-c2cccnc2)cc1. The summed E-state index contributed by atoms with van der Waals surface area (Å²) in [4.78, 5) is 16.9. The van der Waals surface area contributed by atoms with Gasteiger partial charge in [-0.05, 0) is 54.6 Å². The molecule has 4 aromatic rings. The highest BCUT2D eigenvalue weighted by Gasteiger charge is 2.18. The molecule has 2 aromatic carbocycles. The lowest BCUT2D eigenvalue weighted by Gasteiger charge is -2.11. The summed E-state index contributed by atoms with van der Waals surface area (Å²) < 4.78 is 7.15. The lowest BCUT2D eigenvalue weighted by Crippen LogP contribution is -2.05. The van der Waals surface area contributed by atoms with Crippen LogP contribution in [0.2, 0.25) is 10.0 Å². The summed E-state index contributed by atoms with van der Waals surface area (Å²) >= 11 is 13.3. The van der Waals surface area contributed by atoms with E-state index >= 15 is 0 Å². The molecule has 2 heterocycles. The Morgan fingerprint density at radius 2 is 1.87 bits per heavy atom. The monoisotopic (exact) mass is 470 g/mol. The Morgan fingerprint density at radius 3 is 2.55 bits per heavy atom. The number of rotatable bonds is 7. The zero-order valence-electron chi connectivity index (χ0n) is 16.3. The van der Waals surface area contributed by atoms with Crippen molar-refractivity contribution < 1.29 is 9.53 Å². The molecule has 0 unspecified atom stereocenters. The van der Waals surface area contributed by atoms with Crippen molar-refractivity contribution in [1.82, 2.24) is 19.7 Å². The molecular weight excluding hydrogens is 455 g/mol. The number of aromatic nitrogens is 4. The largest absolute Gasteiger partial charge is 0.497 e. The molecule has 0 aliphatic rings. The number of ketones is 1. The smallest absolute Gasteiger partial charge is 0.196 e. The molecule has 0 atom stereocenters. The fourth-order valence-electron chi connectivity index (χ4n) is 2.89. The normalized spacial score (nSPS) is 10.8. The number of pyridine rings is 1. The van der Waals surface area contributed by atoms with Gasteiger partial charge >= 0.3 is 0 Å². The van der Waals surface area contributed by atoms with Crippen LogP contribution in [-0.4, -0.2) is 38.4 Å². The summed E-state index contributed by atoms with van der Waals surface area (Å²) in [6, 6.07) is 16.1. The van der Waals surface area contributed by atoms with Gasteiger partial charge in [0.05, 0.1) is 22.9 Å². The molecule has 4 rings (SSSR count). The van der Waals surface area contributed by atoms with E-state index in [0.29, 0.717) is 26.6 Å². The summed E-state index contributed by atoms with van der Waals surface area (Å²) in [7, 11) is 1.62. The topological polar surface area (TPSA) is 69.9 Å². The van der Waals surface area contributed by atoms with Crippen LogP contribution < -0.4 is 4.74 Å². The molecule has 156 valence electrons. The second kappa shape index (κ2) is 9.51. The van der Waals surface area contributed by atoms with E-state index in [1.165, 1.54) is 11.8 Å². The van der Waals surface area contributed by atoms with Gasteiger partial charge in [0.1, 0.15) is 5.75 Å². The zero-order chi connectivity index (χ0) is 21.8. The maximum Gasteiger partial charge on any atom is 0.196 e. The van der Waals surface area contributed by atoms with Crippen LogP contribution in [0.5, 0.6) is 5.75 Å². The number of Topliss-reactive ketones (excluding diaryl/α,β-unsaturated/α-hetero) is 1. The molecule has 0 bridgehead atoms. The predicted octanol–water partition coefficient (Wildman–Crippen LogP) is 5.62. The van der Waals surface area contributed by atoms with Crippen molar-refractivity contribution in [2.45, 2.75) is 5.16 Å². The molecule has 0 amide bonds. The Kier molecular flexibility index (Phi) is 6.56. The first kappa shape index (κ1) is 21.4. The molecule has 2 aromatic heterocycles. The second-order valence-electron chi connectivity index (χ2n) is 6.42. The number of halogens is 2. The Balaban J connectivity index is 1.66. The number of ether oxygens (including phenoxy) is 1. The van der Waals surface area contributed by atoms with Gasteiger partial charge in [-0.3, -0.25) is 14.3 Å². The van der Waals surface area contributed by atoms with Crippen molar-refractivity contribution >= 4 is 40.7 Å². The average molecular weight is 471 g/mol. The molecular formula is C22H16Cl2N4O2S. The van der Waals surface area contributed by atoms with Gasteiger partial charge in [0, 0.05) is 29.2 Å². The maximum atomic E-state index is 12.7. The zero-order valence-corrected chi connectivity index (χ0v) is 18.7. The number of thioether (sulfide) groups is 1. The quantitative estimate of drug-likeness (QED) is 0.257. The van der Waals surface area contributed by atoms with Crippen LogP contribution in [0.25, 0.3) is 17.1 Å². The van der Waals surface area contributed by atoms with E-state index in [1.807, 2.05) is 41.0 Å². The lowest BCUT2D eigenvalue weighted by molar-refractivity contribution is 0.102. The maximum absolute atomic E-state index is 12.7. The fourth-order valence-corrected chi connectivity index (χ4v) is 4.04. The Morgan fingerprint density at radius 1 is 1.06 bits per heavy atom. The Labute approximate surface area is 193 Å². The van der Waals surface area contributed by atoms with Crippen LogP contribution in [0, 0.1) is 0 Å². The van der Waals surface area contributed by atoms with Gasteiger partial charge in [0.2, 0.25) is 0 Å². The van der Waals surface area contributed by atoms with E-state index in [4.69, 9.17) is 27.9 Å². The fraction of sp³-hybridized carbons (Fsp3) is 0.0909. The molecule has 0 saturated carbocycles. The highest BCUT2D eigenvalue weighted by atomic mass is 35.5. The molecule has 0 aliphatic heterocycles. The van der Waals surface area contributed by atoms with Crippen molar-refractivity contribution in [2.24, 2.45) is 0 Å². The summed E-state index contributed by atoms with van der Waals surface area (Å²) in [5.41, 5.74) is 2.15. The molecule has 9 heteroatoms. The first-order valence-corrected chi connectivity index (χ1v) is 10.9. The van der Waals surface area contributed by atoms with Gasteiger partial charge in [-0.15, -0.1) is 10.2 Å². The van der Waals surface area contributed by atoms with Crippen molar-refractivity contribution in [2.75, 3.05) is 12.9 Å². The third-order valence-corrected chi connectivity index (χ3v) is 6.13. The van der Waals surface area contributed by atoms with Gasteiger partial charge < -0.3 is 4.74 Å². The van der Waals surface area contributed by atoms with Crippen LogP contribution in [0.15, 0.2) is 72.1 Å². The van der Waals surface area contributed by atoms with Gasteiger partial charge in [-0.25, -0.2) is 0 Å². The first-order valence-electron chi connectivity index (χ1n) is 9.18. The average Bonchev–Trinajstić information content (AvgIpc) is 3.24. The van der Waals surface area contributed by atoms with E-state index < -0.39 is 0 Å². The van der Waals surface area contributed by atoms with Crippen LogP contribution in [-0.2, 0) is 0 Å². The van der Waals surface area contributed by atoms with Gasteiger partial charge in [0.15, 0.2) is 16.8 Å². The molecule has 6 nitrogen and oxygen atoms in total. The summed E-state index contributed by atoms with van der Waals surface area (Å²) in [5.74, 6) is 1.45. The summed E-state index contributed by atoms with van der Waals surface area (Å²) in [6.07, 6.45) is 3.42. The Hall–Kier alpha value is -2.87. The summed E-state index contributed by atoms with van der Waals surface area (Å²) in [5, 5.41) is 10.0. The van der Waals surface area contributed by atoms with Gasteiger partial charge in [-0.1, -0.05) is 35.0 Å². The van der Waals surface area contributed by atoms with E-state index in [9.17, 15) is 4.79 Å². The third-order valence-electron chi connectivity index (χ3n) is 4.46. The molecule has 0 N–H and O–H groups in total. The minimum absolute atomic E-state index is 0.0872. The molecule has 0 fully saturated rings. The van der Waals surface area contributed by atoms with Crippen LogP contribution in [0.3, 0.4) is 0 Å². The van der Waals surface area contributed by atoms with E-state index in [2.05, 4.69) is 15.2 Å². The summed E-state index contributed by atoms with van der Waals surface area (Å²) in [6.45, 7) is 0. The van der Waals surface area contributed by atoms with E-state index in [1.54, 1.807) is 37.7 Å². The number of carbonyl (C=O) groups excluding carboxylic acids is 1. The van der Waals surface area contributed by atoms with Crippen LogP contribution in [0.4, 0.5) is 0 Å². The van der Waals surface area contributed by atoms with Crippen molar-refractivity contribution in [3.8, 4) is 22.8 Å². The third kappa shape index (κ3) is 4.74. The number of carbonyl (C=O) groups is 1. The highest BCUT2D eigenvalue weighted by molar-refractivity contribution is 7.99. The van der Waals surface area contributed by atoms with Crippen molar-refractivity contribution in [1.29, 1.82) is 0 Å². The lowest BCUT2D eigenvalue weighted by atomic mass is 10.1. The number of hydrogen-bond acceptors (Lipinski definition) is 6. The standard InChI is InChI=1S/C22H16Cl2N4O2S/c1-30-17-7-5-16(6-8-17)28-21(15-3-2-10-25-12-15)26-27-22(28)31-13-20(29)14-4-9-18(23)19(24)11-14/h2-12H,13H2,1H3. The number of benzene rings is 2. The molecule has 0 aliphatic carbocycles. The minimum Gasteiger partial charge on any atom is -0.497 e. The van der Waals surface area contributed by atoms with Crippen molar-refractivity contribution in [3.05, 3.63) is 82.6 Å². The minimum atomic E-state index is -0.0872. The van der Waals surface area contributed by atoms with Gasteiger partial charge in [-0.2, -0.15) is 0 Å². The van der Waals surface area contributed by atoms with Crippen LogP contribution in [0.1, 0.15) is 10.4 Å². The second-order valence-corrected chi connectivity index (χ2v) is 8.18. The number of hydrogen-bond donors (Lipinski definition) is 0. The molecule has 0 spiro atoms. The van der Waals surface area contributed by atoms with Crippen molar-refractivity contribution in [3.63, 3.8) is 0 Å². The predicted molar refractivity (Wildman–Crippen MR) is 123 cm³/mol. The number of nitrogens with zero attached hydrogens (tertiary/aromatic N) is 4. The van der Waals surface area contributed by atoms with Gasteiger partial charge in [0.25, 0.3) is 0 Å². The molecule has 0 saturated heterocycles. The first-order chi connectivity index (χ1) is 15.1.